The number of hydrogen-bond donors (Lipinski definition) is 2. The van der Waals surface area contributed by atoms with Gasteiger partial charge in [0.2, 0.25) is 5.91 Å². The van der Waals surface area contributed by atoms with Crippen LogP contribution in [-0.2, 0) is 11.2 Å². The van der Waals surface area contributed by atoms with Gasteiger partial charge in [0, 0.05) is 17.6 Å². The van der Waals surface area contributed by atoms with Crippen molar-refractivity contribution >= 4 is 11.6 Å². The number of amides is 1. The van der Waals surface area contributed by atoms with Crippen LogP contribution in [0.25, 0.3) is 0 Å². The minimum absolute atomic E-state index is 0.0449. The first-order valence-corrected chi connectivity index (χ1v) is 6.03. The minimum Gasteiger partial charge on any atom is -0.326 e. The van der Waals surface area contributed by atoms with E-state index in [-0.39, 0.29) is 5.91 Å². The molecule has 2 aromatic rings. The fraction of sp³-hybridized carbons (Fsp3) is 0.286. The van der Waals surface area contributed by atoms with E-state index in [1.807, 2.05) is 24.3 Å². The highest BCUT2D eigenvalue weighted by Gasteiger charge is 2.05. The maximum absolute atomic E-state index is 11.7. The van der Waals surface area contributed by atoms with E-state index in [0.29, 0.717) is 12.3 Å². The van der Waals surface area contributed by atoms with Crippen molar-refractivity contribution in [2.75, 3.05) is 5.32 Å². The molecule has 0 radical (unpaired) electrons. The number of aromatic nitrogens is 2. The molecule has 1 amide bonds. The molecule has 2 rings (SSSR count). The summed E-state index contributed by atoms with van der Waals surface area (Å²) in [4.78, 5) is 11.7. The zero-order valence-corrected chi connectivity index (χ0v) is 10.6. The number of aromatic amines is 1. The summed E-state index contributed by atoms with van der Waals surface area (Å²) in [6.07, 6.45) is 1.95. The molecule has 1 aromatic carbocycles. The summed E-state index contributed by atoms with van der Waals surface area (Å²) in [5, 5.41) is 9.43. The Morgan fingerprint density at radius 2 is 2.00 bits per heavy atom. The molecule has 1 heterocycles. The van der Waals surface area contributed by atoms with E-state index in [9.17, 15) is 4.79 Å². The van der Waals surface area contributed by atoms with Gasteiger partial charge in [0.15, 0.2) is 0 Å². The molecule has 0 aliphatic heterocycles. The molecule has 0 unspecified atom stereocenters. The van der Waals surface area contributed by atoms with E-state index in [4.69, 9.17) is 0 Å². The number of nitrogens with zero attached hydrogens (tertiary/aromatic N) is 1. The van der Waals surface area contributed by atoms with Crippen LogP contribution in [-0.4, -0.2) is 16.1 Å². The monoisotopic (exact) mass is 243 g/mol. The Morgan fingerprint density at radius 1 is 1.28 bits per heavy atom. The number of carbonyl (C=O) groups excluding carboxylic acids is 1. The zero-order chi connectivity index (χ0) is 13.0. The highest BCUT2D eigenvalue weighted by molar-refractivity contribution is 5.91. The molecule has 0 saturated carbocycles. The van der Waals surface area contributed by atoms with E-state index in [1.54, 1.807) is 12.3 Å². The molecule has 0 aliphatic rings. The lowest BCUT2D eigenvalue weighted by molar-refractivity contribution is -0.115. The number of benzene rings is 1. The maximum atomic E-state index is 11.7. The van der Waals surface area contributed by atoms with Crippen molar-refractivity contribution in [2.45, 2.75) is 26.2 Å². The molecular formula is C14H17N3O. The molecular weight excluding hydrogens is 226 g/mol. The van der Waals surface area contributed by atoms with Crippen molar-refractivity contribution in [1.29, 1.82) is 0 Å². The predicted molar refractivity (Wildman–Crippen MR) is 71.5 cm³/mol. The van der Waals surface area contributed by atoms with Gasteiger partial charge in [-0.2, -0.15) is 5.10 Å². The number of nitrogens with one attached hydrogen (secondary N) is 2. The Morgan fingerprint density at radius 3 is 2.56 bits per heavy atom. The number of hydrogen-bond acceptors (Lipinski definition) is 2. The van der Waals surface area contributed by atoms with Crippen LogP contribution in [0.2, 0.25) is 0 Å². The van der Waals surface area contributed by atoms with Gasteiger partial charge in [0.1, 0.15) is 0 Å². The molecule has 0 spiro atoms. The lowest BCUT2D eigenvalue weighted by Crippen LogP contribution is -2.14. The maximum Gasteiger partial charge on any atom is 0.230 e. The zero-order valence-electron chi connectivity index (χ0n) is 10.6. The molecule has 0 aliphatic carbocycles. The van der Waals surface area contributed by atoms with Crippen LogP contribution < -0.4 is 5.32 Å². The van der Waals surface area contributed by atoms with Crippen molar-refractivity contribution < 1.29 is 4.79 Å². The molecule has 0 saturated heterocycles. The third-order valence-corrected chi connectivity index (χ3v) is 2.77. The summed E-state index contributed by atoms with van der Waals surface area (Å²) in [5.74, 6) is 0.455. The van der Waals surface area contributed by atoms with Crippen molar-refractivity contribution in [3.8, 4) is 0 Å². The van der Waals surface area contributed by atoms with Crippen LogP contribution >= 0.6 is 0 Å². The SMILES string of the molecule is CC(C)c1ccc(NC(=O)Cc2ccn[nH]2)cc1. The van der Waals surface area contributed by atoms with Crippen molar-refractivity contribution in [3.05, 3.63) is 47.8 Å². The molecule has 2 N–H and O–H groups in total. The van der Waals surface area contributed by atoms with Crippen molar-refractivity contribution in [2.24, 2.45) is 0 Å². The van der Waals surface area contributed by atoms with Gasteiger partial charge in [-0.15, -0.1) is 0 Å². The third kappa shape index (κ3) is 3.20. The predicted octanol–water partition coefficient (Wildman–Crippen LogP) is 2.71. The normalized spacial score (nSPS) is 10.6. The summed E-state index contributed by atoms with van der Waals surface area (Å²) in [6.45, 7) is 4.29. The van der Waals surface area contributed by atoms with Crippen LogP contribution in [0.5, 0.6) is 0 Å². The summed E-state index contributed by atoms with van der Waals surface area (Å²) in [7, 11) is 0. The smallest absolute Gasteiger partial charge is 0.230 e. The van der Waals surface area contributed by atoms with E-state index < -0.39 is 0 Å². The van der Waals surface area contributed by atoms with Gasteiger partial charge in [0.05, 0.1) is 6.42 Å². The quantitative estimate of drug-likeness (QED) is 0.867. The highest BCUT2D eigenvalue weighted by atomic mass is 16.1. The summed E-state index contributed by atoms with van der Waals surface area (Å²) in [6, 6.07) is 9.73. The van der Waals surface area contributed by atoms with Gasteiger partial charge in [0.25, 0.3) is 0 Å². The summed E-state index contributed by atoms with van der Waals surface area (Å²) >= 11 is 0. The fourth-order valence-electron chi connectivity index (χ4n) is 1.71. The molecule has 0 fully saturated rings. The van der Waals surface area contributed by atoms with Gasteiger partial charge >= 0.3 is 0 Å². The van der Waals surface area contributed by atoms with Crippen LogP contribution in [0.3, 0.4) is 0 Å². The van der Waals surface area contributed by atoms with Crippen molar-refractivity contribution in [1.82, 2.24) is 10.2 Å². The van der Waals surface area contributed by atoms with E-state index in [0.717, 1.165) is 11.4 Å². The Bertz CT molecular complexity index is 500. The van der Waals surface area contributed by atoms with Gasteiger partial charge in [-0.25, -0.2) is 0 Å². The Kier molecular flexibility index (Phi) is 3.77. The third-order valence-electron chi connectivity index (χ3n) is 2.77. The fourth-order valence-corrected chi connectivity index (χ4v) is 1.71. The number of anilines is 1. The first kappa shape index (κ1) is 12.4. The van der Waals surface area contributed by atoms with E-state index in [2.05, 4.69) is 29.4 Å². The Balaban J connectivity index is 1.95. The second kappa shape index (κ2) is 5.49. The highest BCUT2D eigenvalue weighted by Crippen LogP contribution is 2.17. The van der Waals surface area contributed by atoms with Crippen LogP contribution in [0.4, 0.5) is 5.69 Å². The number of rotatable bonds is 4. The van der Waals surface area contributed by atoms with Gasteiger partial charge in [-0.05, 0) is 29.7 Å². The van der Waals surface area contributed by atoms with Gasteiger partial charge in [-0.3, -0.25) is 9.89 Å². The lowest BCUT2D eigenvalue weighted by atomic mass is 10.0. The first-order valence-electron chi connectivity index (χ1n) is 6.03. The molecule has 0 atom stereocenters. The second-order valence-corrected chi connectivity index (χ2v) is 4.58. The molecule has 4 heteroatoms. The Labute approximate surface area is 106 Å². The molecule has 0 bridgehead atoms. The summed E-state index contributed by atoms with van der Waals surface area (Å²) < 4.78 is 0. The molecule has 18 heavy (non-hydrogen) atoms. The first-order chi connectivity index (χ1) is 8.65. The minimum atomic E-state index is -0.0449. The van der Waals surface area contributed by atoms with E-state index >= 15 is 0 Å². The second-order valence-electron chi connectivity index (χ2n) is 4.58. The average molecular weight is 243 g/mol. The van der Waals surface area contributed by atoms with Crippen LogP contribution in [0, 0.1) is 0 Å². The van der Waals surface area contributed by atoms with Gasteiger partial charge in [-0.1, -0.05) is 26.0 Å². The van der Waals surface area contributed by atoms with Gasteiger partial charge < -0.3 is 5.32 Å². The topological polar surface area (TPSA) is 57.8 Å². The standard InChI is InChI=1S/C14H17N3O/c1-10(2)11-3-5-12(6-4-11)16-14(18)9-13-7-8-15-17-13/h3-8,10H,9H2,1-2H3,(H,15,17)(H,16,18). The lowest BCUT2D eigenvalue weighted by Gasteiger charge is -2.08. The average Bonchev–Trinajstić information content (AvgIpc) is 2.82. The Hall–Kier alpha value is -2.10. The number of carbonyl (C=O) groups is 1. The largest absolute Gasteiger partial charge is 0.326 e. The molecule has 4 nitrogen and oxygen atoms in total. The summed E-state index contributed by atoms with van der Waals surface area (Å²) in [5.41, 5.74) is 2.90. The molecule has 1 aromatic heterocycles. The van der Waals surface area contributed by atoms with Crippen LogP contribution in [0.15, 0.2) is 36.5 Å². The number of H-pyrrole nitrogens is 1. The molecule has 94 valence electrons. The van der Waals surface area contributed by atoms with Crippen LogP contribution in [0.1, 0.15) is 31.0 Å². The van der Waals surface area contributed by atoms with E-state index in [1.165, 1.54) is 5.56 Å². The van der Waals surface area contributed by atoms with Crippen molar-refractivity contribution in [3.63, 3.8) is 0 Å².